The van der Waals surface area contributed by atoms with E-state index in [2.05, 4.69) is 0 Å². The minimum Gasteiger partial charge on any atom is -0.493 e. The van der Waals surface area contributed by atoms with Crippen molar-refractivity contribution in [3.8, 4) is 0 Å². The third kappa shape index (κ3) is 1.65. The monoisotopic (exact) mass is 256 g/mol. The summed E-state index contributed by atoms with van der Waals surface area (Å²) >= 11 is 0. The maximum absolute atomic E-state index is 12.3. The van der Waals surface area contributed by atoms with Crippen LogP contribution in [0.5, 0.6) is 0 Å². The lowest BCUT2D eigenvalue weighted by molar-refractivity contribution is -0.133. The number of rotatable bonds is 2. The van der Waals surface area contributed by atoms with Crippen LogP contribution in [0.4, 0.5) is 0 Å². The summed E-state index contributed by atoms with van der Waals surface area (Å²) in [5.74, 6) is -0.425. The molecule has 0 amide bonds. The second-order valence-corrected chi connectivity index (χ2v) is 5.30. The number of benzene rings is 1. The van der Waals surface area contributed by atoms with Crippen molar-refractivity contribution in [2.24, 2.45) is 17.8 Å². The predicted molar refractivity (Wildman–Crippen MR) is 70.4 cm³/mol. The Hall–Kier alpha value is -1.90. The molecule has 3 rings (SSSR count). The van der Waals surface area contributed by atoms with Crippen molar-refractivity contribution in [2.75, 3.05) is 7.11 Å². The molecule has 0 aromatic heterocycles. The summed E-state index contributed by atoms with van der Waals surface area (Å²) in [6.07, 6.45) is 1.70. The number of hydrogen-bond acceptors (Lipinski definition) is 3. The van der Waals surface area contributed by atoms with Crippen molar-refractivity contribution in [3.05, 3.63) is 47.7 Å². The molecule has 1 saturated carbocycles. The highest BCUT2D eigenvalue weighted by Crippen LogP contribution is 2.49. The van der Waals surface area contributed by atoms with Crippen molar-refractivity contribution in [1.29, 1.82) is 0 Å². The smallest absolute Gasteiger partial charge is 0.208 e. The fourth-order valence-electron chi connectivity index (χ4n) is 3.43. The van der Waals surface area contributed by atoms with Crippen molar-refractivity contribution in [2.45, 2.75) is 12.8 Å². The topological polar surface area (TPSA) is 43.4 Å². The highest BCUT2D eigenvalue weighted by molar-refractivity contribution is 6.15. The summed E-state index contributed by atoms with van der Waals surface area (Å²) in [7, 11) is 1.49. The van der Waals surface area contributed by atoms with Crippen LogP contribution in [0, 0.1) is 17.8 Å². The van der Waals surface area contributed by atoms with Crippen LogP contribution >= 0.6 is 0 Å². The Morgan fingerprint density at radius 1 is 1.11 bits per heavy atom. The second kappa shape index (κ2) is 4.34. The Balaban J connectivity index is 2.07. The van der Waals surface area contributed by atoms with E-state index in [4.69, 9.17) is 4.74 Å². The van der Waals surface area contributed by atoms with Crippen LogP contribution in [-0.4, -0.2) is 18.7 Å². The summed E-state index contributed by atoms with van der Waals surface area (Å²) in [6, 6.07) is 9.83. The van der Waals surface area contributed by atoms with E-state index >= 15 is 0 Å². The summed E-state index contributed by atoms with van der Waals surface area (Å²) in [5.41, 5.74) is 1.06. The summed E-state index contributed by atoms with van der Waals surface area (Å²) in [5, 5.41) is 0. The van der Waals surface area contributed by atoms with Gasteiger partial charge in [0.1, 0.15) is 0 Å². The van der Waals surface area contributed by atoms with E-state index in [0.717, 1.165) is 5.56 Å². The molecular weight excluding hydrogens is 240 g/mol. The lowest BCUT2D eigenvalue weighted by Crippen LogP contribution is -2.30. The van der Waals surface area contributed by atoms with Crippen LogP contribution in [0.25, 0.3) is 0 Å². The molecule has 98 valence electrons. The van der Waals surface area contributed by atoms with Gasteiger partial charge >= 0.3 is 0 Å². The van der Waals surface area contributed by atoms with Gasteiger partial charge in [-0.15, -0.1) is 0 Å². The molecule has 2 bridgehead atoms. The molecule has 1 aromatic rings. The highest BCUT2D eigenvalue weighted by Gasteiger charge is 2.54. The van der Waals surface area contributed by atoms with E-state index < -0.39 is 5.92 Å². The molecule has 1 fully saturated rings. The first-order chi connectivity index (χ1) is 9.15. The Morgan fingerprint density at radius 3 is 2.42 bits per heavy atom. The summed E-state index contributed by atoms with van der Waals surface area (Å²) < 4.78 is 5.12. The molecule has 2 unspecified atom stereocenters. The molecular formula is C16H16O3. The van der Waals surface area contributed by atoms with Gasteiger partial charge in [0.25, 0.3) is 0 Å². The van der Waals surface area contributed by atoms with E-state index in [1.807, 2.05) is 37.3 Å². The second-order valence-electron chi connectivity index (χ2n) is 5.30. The highest BCUT2D eigenvalue weighted by atomic mass is 16.5. The largest absolute Gasteiger partial charge is 0.493 e. The van der Waals surface area contributed by atoms with Gasteiger partial charge in [-0.2, -0.15) is 0 Å². The lowest BCUT2D eigenvalue weighted by Gasteiger charge is -2.20. The Bertz CT molecular complexity index is 559. The lowest BCUT2D eigenvalue weighted by atomic mass is 9.82. The number of carbonyl (C=O) groups excluding carboxylic acids is 2. The molecule has 19 heavy (non-hydrogen) atoms. The van der Waals surface area contributed by atoms with Crippen LogP contribution in [0.15, 0.2) is 42.2 Å². The number of ether oxygens (including phenoxy) is 1. The third-order valence-corrected chi connectivity index (χ3v) is 4.39. The van der Waals surface area contributed by atoms with Gasteiger partial charge in [0.05, 0.1) is 13.0 Å². The molecule has 0 N–H and O–H groups in total. The number of ketones is 2. The van der Waals surface area contributed by atoms with Crippen molar-refractivity contribution >= 4 is 11.6 Å². The number of Topliss-reactive ketones (excluding diaryl/α,β-unsaturated/α-hetero) is 2. The molecule has 0 aliphatic heterocycles. The first-order valence-corrected chi connectivity index (χ1v) is 6.54. The third-order valence-electron chi connectivity index (χ3n) is 4.39. The zero-order chi connectivity index (χ0) is 13.6. The van der Waals surface area contributed by atoms with E-state index in [1.165, 1.54) is 7.11 Å². The van der Waals surface area contributed by atoms with E-state index in [0.29, 0.717) is 5.76 Å². The molecule has 1 aromatic carbocycles. The average Bonchev–Trinajstić information content (AvgIpc) is 2.60. The quantitative estimate of drug-likeness (QED) is 0.763. The van der Waals surface area contributed by atoms with Gasteiger partial charge in [-0.05, 0) is 17.6 Å². The first-order valence-electron chi connectivity index (χ1n) is 6.54. The van der Waals surface area contributed by atoms with Gasteiger partial charge in [0.2, 0.25) is 5.78 Å². The number of hydrogen-bond donors (Lipinski definition) is 0. The average molecular weight is 256 g/mol. The molecule has 2 aliphatic rings. The zero-order valence-electron chi connectivity index (χ0n) is 11.0. The molecule has 3 heteroatoms. The maximum atomic E-state index is 12.3. The van der Waals surface area contributed by atoms with Gasteiger partial charge in [0.15, 0.2) is 11.5 Å². The van der Waals surface area contributed by atoms with Crippen LogP contribution < -0.4 is 0 Å². The van der Waals surface area contributed by atoms with Crippen LogP contribution in [0.1, 0.15) is 18.4 Å². The molecule has 3 nitrogen and oxygen atoms in total. The Kier molecular flexibility index (Phi) is 2.77. The standard InChI is InChI=1S/C16H16O3/c1-9-11-8-12(19-2)16(18)14(15(11)17)13(9)10-6-4-3-5-7-10/h3-9,11,13-14H,1-2H3/t9-,11?,13-,14?/m0/s1. The Morgan fingerprint density at radius 2 is 1.79 bits per heavy atom. The van der Waals surface area contributed by atoms with Crippen LogP contribution in [-0.2, 0) is 14.3 Å². The summed E-state index contributed by atoms with van der Waals surface area (Å²) in [4.78, 5) is 24.7. The minimum atomic E-state index is -0.567. The molecule has 0 radical (unpaired) electrons. The first kappa shape index (κ1) is 12.2. The fraction of sp³-hybridized carbons (Fsp3) is 0.375. The molecule has 2 aliphatic carbocycles. The van der Waals surface area contributed by atoms with Gasteiger partial charge in [0, 0.05) is 11.8 Å². The molecule has 4 atom stereocenters. The normalized spacial score (nSPS) is 33.3. The van der Waals surface area contributed by atoms with E-state index in [9.17, 15) is 9.59 Å². The number of methoxy groups -OCH3 is 1. The van der Waals surface area contributed by atoms with Crippen LogP contribution in [0.3, 0.4) is 0 Å². The predicted octanol–water partition coefficient (Wildman–Crippen LogP) is 2.33. The van der Waals surface area contributed by atoms with Crippen LogP contribution in [0.2, 0.25) is 0 Å². The zero-order valence-corrected chi connectivity index (χ0v) is 11.0. The number of allylic oxidation sites excluding steroid dienone is 2. The SMILES string of the molecule is COC1=CC2C(=O)C(C1=O)[C@H](c1ccccc1)[C@H]2C. The van der Waals surface area contributed by atoms with Gasteiger partial charge in [-0.25, -0.2) is 0 Å². The van der Waals surface area contributed by atoms with E-state index in [-0.39, 0.29) is 29.3 Å². The molecule has 0 spiro atoms. The molecule has 0 saturated heterocycles. The van der Waals surface area contributed by atoms with Crippen molar-refractivity contribution in [1.82, 2.24) is 0 Å². The summed E-state index contributed by atoms with van der Waals surface area (Å²) in [6.45, 7) is 2.04. The Labute approximate surface area is 112 Å². The molecule has 0 heterocycles. The number of carbonyl (C=O) groups is 2. The van der Waals surface area contributed by atoms with Crippen molar-refractivity contribution in [3.63, 3.8) is 0 Å². The van der Waals surface area contributed by atoms with Gasteiger partial charge in [-0.3, -0.25) is 9.59 Å². The van der Waals surface area contributed by atoms with Gasteiger partial charge in [-0.1, -0.05) is 37.3 Å². The number of fused-ring (bicyclic) bond motifs is 2. The van der Waals surface area contributed by atoms with Crippen molar-refractivity contribution < 1.29 is 14.3 Å². The maximum Gasteiger partial charge on any atom is 0.208 e. The van der Waals surface area contributed by atoms with Gasteiger partial charge < -0.3 is 4.74 Å². The fourth-order valence-corrected chi connectivity index (χ4v) is 3.43. The van der Waals surface area contributed by atoms with E-state index in [1.54, 1.807) is 6.08 Å². The minimum absolute atomic E-state index is 0.0323.